The molecule has 0 aliphatic carbocycles. The molecule has 368 valence electrons. The first-order valence-electron chi connectivity index (χ1n) is 27.8. The maximum atomic E-state index is 12.8. The van der Waals surface area contributed by atoms with Gasteiger partial charge >= 0.3 is 17.9 Å². The molecule has 0 fully saturated rings. The van der Waals surface area contributed by atoms with Gasteiger partial charge in [-0.25, -0.2) is 0 Å². The normalized spacial score (nSPS) is 12.5. The van der Waals surface area contributed by atoms with Gasteiger partial charge in [-0.2, -0.15) is 0 Å². The average Bonchev–Trinajstić information content (AvgIpc) is 3.26. The summed E-state index contributed by atoms with van der Waals surface area (Å²) in [6, 6.07) is 0. The van der Waals surface area contributed by atoms with E-state index in [4.69, 9.17) is 14.2 Å². The molecule has 2 atom stereocenters. The molecule has 0 saturated carbocycles. The molecule has 0 heterocycles. The fourth-order valence-electron chi connectivity index (χ4n) is 8.49. The van der Waals surface area contributed by atoms with E-state index < -0.39 is 6.10 Å². The largest absolute Gasteiger partial charge is 0.462 e. The predicted molar refractivity (Wildman–Crippen MR) is 266 cm³/mol. The second kappa shape index (κ2) is 48.9. The summed E-state index contributed by atoms with van der Waals surface area (Å²) in [7, 11) is 0. The molecule has 0 aromatic rings. The standard InChI is InChI=1S/C56H108O6/c1-6-8-9-10-11-12-13-14-15-16-17-18-22-25-31-36-41-46-54(57)60-49-53(62-56(59)48-43-38-33-28-27-30-35-40-45-52(5)7-2)50-61-55(58)47-42-37-32-26-23-20-19-21-24-29-34-39-44-51(3)4/h51-53H,6-50H2,1-5H3/t52?,53-/m0/s1. The summed E-state index contributed by atoms with van der Waals surface area (Å²) in [5, 5.41) is 0. The van der Waals surface area contributed by atoms with Gasteiger partial charge in [0.15, 0.2) is 6.10 Å². The summed E-state index contributed by atoms with van der Waals surface area (Å²) in [6.07, 6.45) is 50.9. The summed E-state index contributed by atoms with van der Waals surface area (Å²) < 4.78 is 16.9. The van der Waals surface area contributed by atoms with Crippen LogP contribution in [0.25, 0.3) is 0 Å². The highest BCUT2D eigenvalue weighted by atomic mass is 16.6. The zero-order valence-corrected chi connectivity index (χ0v) is 42.5. The van der Waals surface area contributed by atoms with Crippen molar-refractivity contribution in [2.75, 3.05) is 13.2 Å². The SMILES string of the molecule is CCCCCCCCCCCCCCCCCCCC(=O)OC[C@@H](COC(=O)CCCCCCCCCCCCCCC(C)C)OC(=O)CCCCCCCCCCC(C)CC. The van der Waals surface area contributed by atoms with Gasteiger partial charge in [0.2, 0.25) is 0 Å². The van der Waals surface area contributed by atoms with E-state index in [1.165, 1.54) is 199 Å². The first kappa shape index (κ1) is 60.4. The first-order valence-corrected chi connectivity index (χ1v) is 27.8. The number of carbonyl (C=O) groups excluding carboxylic acids is 3. The minimum absolute atomic E-state index is 0.0635. The third-order valence-electron chi connectivity index (χ3n) is 13.1. The lowest BCUT2D eigenvalue weighted by Gasteiger charge is -2.18. The second-order valence-corrected chi connectivity index (χ2v) is 19.9. The average molecular weight is 877 g/mol. The molecule has 0 rings (SSSR count). The van der Waals surface area contributed by atoms with Crippen molar-refractivity contribution in [2.24, 2.45) is 11.8 Å². The zero-order valence-electron chi connectivity index (χ0n) is 42.5. The Balaban J connectivity index is 4.29. The van der Waals surface area contributed by atoms with Crippen LogP contribution in [0.15, 0.2) is 0 Å². The van der Waals surface area contributed by atoms with Crippen LogP contribution in [0.4, 0.5) is 0 Å². The molecule has 0 aliphatic rings. The van der Waals surface area contributed by atoms with Crippen LogP contribution >= 0.6 is 0 Å². The maximum Gasteiger partial charge on any atom is 0.306 e. The number of hydrogen-bond donors (Lipinski definition) is 0. The van der Waals surface area contributed by atoms with Gasteiger partial charge in [-0.3, -0.25) is 14.4 Å². The topological polar surface area (TPSA) is 78.9 Å². The number of rotatable bonds is 50. The van der Waals surface area contributed by atoms with Gasteiger partial charge in [0.25, 0.3) is 0 Å². The van der Waals surface area contributed by atoms with Gasteiger partial charge < -0.3 is 14.2 Å². The summed E-state index contributed by atoms with van der Waals surface area (Å²) in [4.78, 5) is 38.0. The minimum atomic E-state index is -0.763. The Morgan fingerprint density at radius 3 is 0.919 bits per heavy atom. The molecule has 0 spiro atoms. The van der Waals surface area contributed by atoms with Crippen LogP contribution in [0.5, 0.6) is 0 Å². The lowest BCUT2D eigenvalue weighted by atomic mass is 9.99. The van der Waals surface area contributed by atoms with Crippen molar-refractivity contribution < 1.29 is 28.6 Å². The Morgan fingerprint density at radius 1 is 0.339 bits per heavy atom. The molecule has 0 amide bonds. The Bertz CT molecular complexity index is 949. The number of esters is 3. The van der Waals surface area contributed by atoms with E-state index in [1.807, 2.05) is 0 Å². The molecule has 0 aromatic heterocycles. The smallest absolute Gasteiger partial charge is 0.306 e. The lowest BCUT2D eigenvalue weighted by Crippen LogP contribution is -2.30. The van der Waals surface area contributed by atoms with Crippen molar-refractivity contribution in [3.63, 3.8) is 0 Å². The number of hydrogen-bond acceptors (Lipinski definition) is 6. The fraction of sp³-hybridized carbons (Fsp3) is 0.946. The molecule has 0 aliphatic heterocycles. The molecular formula is C56H108O6. The Kier molecular flexibility index (Phi) is 47.6. The monoisotopic (exact) mass is 877 g/mol. The van der Waals surface area contributed by atoms with E-state index in [-0.39, 0.29) is 31.1 Å². The molecule has 6 nitrogen and oxygen atoms in total. The molecule has 0 radical (unpaired) electrons. The Morgan fingerprint density at radius 2 is 0.613 bits per heavy atom. The molecule has 0 bridgehead atoms. The molecule has 0 saturated heterocycles. The Hall–Kier alpha value is -1.59. The quantitative estimate of drug-likeness (QED) is 0.0344. The summed E-state index contributed by atoms with van der Waals surface area (Å²) in [6.45, 7) is 11.4. The van der Waals surface area contributed by atoms with Crippen LogP contribution in [-0.4, -0.2) is 37.2 Å². The molecule has 62 heavy (non-hydrogen) atoms. The van der Waals surface area contributed by atoms with Crippen molar-refractivity contribution in [3.8, 4) is 0 Å². The van der Waals surface area contributed by atoms with E-state index in [1.54, 1.807) is 0 Å². The van der Waals surface area contributed by atoms with Gasteiger partial charge in [0.05, 0.1) is 0 Å². The van der Waals surface area contributed by atoms with Crippen molar-refractivity contribution in [1.82, 2.24) is 0 Å². The van der Waals surface area contributed by atoms with Gasteiger partial charge in [0.1, 0.15) is 13.2 Å². The van der Waals surface area contributed by atoms with Crippen LogP contribution in [0.1, 0.15) is 311 Å². The van der Waals surface area contributed by atoms with Crippen LogP contribution in [0.3, 0.4) is 0 Å². The molecule has 0 aromatic carbocycles. The number of ether oxygens (including phenoxy) is 3. The number of carbonyl (C=O) groups is 3. The third-order valence-corrected chi connectivity index (χ3v) is 13.1. The fourth-order valence-corrected chi connectivity index (χ4v) is 8.49. The highest BCUT2D eigenvalue weighted by Crippen LogP contribution is 2.18. The molecule has 1 unspecified atom stereocenters. The van der Waals surface area contributed by atoms with Gasteiger partial charge in [-0.1, -0.05) is 272 Å². The van der Waals surface area contributed by atoms with Crippen LogP contribution in [-0.2, 0) is 28.6 Å². The number of unbranched alkanes of at least 4 members (excludes halogenated alkanes) is 34. The molecule has 6 heteroatoms. The first-order chi connectivity index (χ1) is 30.3. The van der Waals surface area contributed by atoms with Gasteiger partial charge in [-0.05, 0) is 31.1 Å². The van der Waals surface area contributed by atoms with E-state index in [2.05, 4.69) is 34.6 Å². The summed E-state index contributed by atoms with van der Waals surface area (Å²) in [5.41, 5.74) is 0. The molecule has 0 N–H and O–H groups in total. The van der Waals surface area contributed by atoms with Crippen molar-refractivity contribution in [2.45, 2.75) is 317 Å². The van der Waals surface area contributed by atoms with Crippen LogP contribution < -0.4 is 0 Å². The van der Waals surface area contributed by atoms with Crippen LogP contribution in [0, 0.1) is 11.8 Å². The van der Waals surface area contributed by atoms with Crippen LogP contribution in [0.2, 0.25) is 0 Å². The van der Waals surface area contributed by atoms with E-state index >= 15 is 0 Å². The maximum absolute atomic E-state index is 12.8. The van der Waals surface area contributed by atoms with E-state index in [9.17, 15) is 14.4 Å². The van der Waals surface area contributed by atoms with Gasteiger partial charge in [0, 0.05) is 19.3 Å². The Labute approximate surface area is 387 Å². The molecular weight excluding hydrogens is 769 g/mol. The van der Waals surface area contributed by atoms with Crippen molar-refractivity contribution in [3.05, 3.63) is 0 Å². The summed E-state index contributed by atoms with van der Waals surface area (Å²) >= 11 is 0. The lowest BCUT2D eigenvalue weighted by molar-refractivity contribution is -0.167. The van der Waals surface area contributed by atoms with E-state index in [0.717, 1.165) is 69.6 Å². The summed E-state index contributed by atoms with van der Waals surface area (Å²) in [5.74, 6) is 0.834. The highest BCUT2D eigenvalue weighted by Gasteiger charge is 2.19. The van der Waals surface area contributed by atoms with Crippen molar-refractivity contribution >= 4 is 17.9 Å². The van der Waals surface area contributed by atoms with Crippen molar-refractivity contribution in [1.29, 1.82) is 0 Å². The third kappa shape index (κ3) is 47.9. The second-order valence-electron chi connectivity index (χ2n) is 19.9. The predicted octanol–water partition coefficient (Wildman–Crippen LogP) is 18.1. The van der Waals surface area contributed by atoms with E-state index in [0.29, 0.717) is 19.3 Å². The minimum Gasteiger partial charge on any atom is -0.462 e. The zero-order chi connectivity index (χ0) is 45.4. The highest BCUT2D eigenvalue weighted by molar-refractivity contribution is 5.71. The van der Waals surface area contributed by atoms with Gasteiger partial charge in [-0.15, -0.1) is 0 Å².